The predicted octanol–water partition coefficient (Wildman–Crippen LogP) is 1.93. The molecule has 6 nitrogen and oxygen atoms in total. The normalized spacial score (nSPS) is 20.2. The molecule has 6 heteroatoms. The summed E-state index contributed by atoms with van der Waals surface area (Å²) < 4.78 is 0. The first-order valence-corrected chi connectivity index (χ1v) is 8.29. The van der Waals surface area contributed by atoms with Crippen LogP contribution in [0.3, 0.4) is 0 Å². The van der Waals surface area contributed by atoms with Gasteiger partial charge in [-0.05, 0) is 49.4 Å². The second-order valence-electron chi connectivity index (χ2n) is 6.54. The van der Waals surface area contributed by atoms with Crippen LogP contribution in [0.25, 0.3) is 0 Å². The van der Waals surface area contributed by atoms with Gasteiger partial charge in [0.1, 0.15) is 0 Å². The molecular formula is C17H24N4O2. The second-order valence-corrected chi connectivity index (χ2v) is 6.54. The smallest absolute Gasteiger partial charge is 0.319 e. The first-order chi connectivity index (χ1) is 11.1. The summed E-state index contributed by atoms with van der Waals surface area (Å²) in [6, 6.07) is 7.78. The Bertz CT molecular complexity index is 568. The molecule has 1 heterocycles. The number of hydrogen-bond donors (Lipinski definition) is 3. The van der Waals surface area contributed by atoms with Gasteiger partial charge >= 0.3 is 6.03 Å². The molecule has 0 aromatic heterocycles. The monoisotopic (exact) mass is 316 g/mol. The Balaban J connectivity index is 1.43. The fourth-order valence-electron chi connectivity index (χ4n) is 2.77. The van der Waals surface area contributed by atoms with Gasteiger partial charge in [0, 0.05) is 30.5 Å². The third kappa shape index (κ3) is 4.61. The molecule has 0 radical (unpaired) electrons. The van der Waals surface area contributed by atoms with Gasteiger partial charge < -0.3 is 20.9 Å². The first-order valence-electron chi connectivity index (χ1n) is 8.29. The van der Waals surface area contributed by atoms with Crippen molar-refractivity contribution in [3.8, 4) is 0 Å². The van der Waals surface area contributed by atoms with Crippen LogP contribution in [0.5, 0.6) is 0 Å². The van der Waals surface area contributed by atoms with Gasteiger partial charge in [-0.25, -0.2) is 4.79 Å². The van der Waals surface area contributed by atoms with Crippen molar-refractivity contribution in [1.29, 1.82) is 0 Å². The van der Waals surface area contributed by atoms with Crippen LogP contribution in [-0.4, -0.2) is 37.6 Å². The van der Waals surface area contributed by atoms with E-state index in [1.807, 2.05) is 24.3 Å². The van der Waals surface area contributed by atoms with E-state index >= 15 is 0 Å². The molecule has 1 saturated heterocycles. The van der Waals surface area contributed by atoms with Gasteiger partial charge in [0.15, 0.2) is 0 Å². The number of benzene rings is 1. The molecule has 1 atom stereocenters. The molecule has 1 aliphatic carbocycles. The van der Waals surface area contributed by atoms with Crippen molar-refractivity contribution in [2.75, 3.05) is 29.9 Å². The van der Waals surface area contributed by atoms with Crippen molar-refractivity contribution >= 4 is 23.3 Å². The van der Waals surface area contributed by atoms with E-state index < -0.39 is 0 Å². The summed E-state index contributed by atoms with van der Waals surface area (Å²) in [6.45, 7) is 4.44. The van der Waals surface area contributed by atoms with E-state index in [4.69, 9.17) is 0 Å². The summed E-state index contributed by atoms with van der Waals surface area (Å²) in [4.78, 5) is 25.7. The van der Waals surface area contributed by atoms with Gasteiger partial charge in [0.05, 0.1) is 6.54 Å². The van der Waals surface area contributed by atoms with Crippen molar-refractivity contribution in [2.45, 2.75) is 32.2 Å². The van der Waals surface area contributed by atoms with Crippen molar-refractivity contribution in [1.82, 2.24) is 10.6 Å². The molecule has 124 valence electrons. The Morgan fingerprint density at radius 1 is 1.17 bits per heavy atom. The maximum atomic E-state index is 11.8. The molecule has 0 spiro atoms. The van der Waals surface area contributed by atoms with E-state index in [2.05, 4.69) is 27.8 Å². The molecule has 0 bridgehead atoms. The fourth-order valence-corrected chi connectivity index (χ4v) is 2.77. The molecule has 3 N–H and O–H groups in total. The van der Waals surface area contributed by atoms with Gasteiger partial charge in [-0.1, -0.05) is 6.92 Å². The Morgan fingerprint density at radius 3 is 2.52 bits per heavy atom. The zero-order valence-electron chi connectivity index (χ0n) is 13.5. The third-order valence-corrected chi connectivity index (χ3v) is 4.27. The van der Waals surface area contributed by atoms with Gasteiger partial charge in [-0.2, -0.15) is 0 Å². The van der Waals surface area contributed by atoms with Crippen LogP contribution in [0.2, 0.25) is 0 Å². The lowest BCUT2D eigenvalue weighted by molar-refractivity contribution is -0.120. The molecule has 2 fully saturated rings. The predicted molar refractivity (Wildman–Crippen MR) is 90.6 cm³/mol. The third-order valence-electron chi connectivity index (χ3n) is 4.27. The summed E-state index contributed by atoms with van der Waals surface area (Å²) in [5.74, 6) is 0.599. The largest absolute Gasteiger partial charge is 0.371 e. The highest BCUT2D eigenvalue weighted by Crippen LogP contribution is 2.24. The van der Waals surface area contributed by atoms with Gasteiger partial charge in [-0.3, -0.25) is 4.79 Å². The van der Waals surface area contributed by atoms with Crippen LogP contribution >= 0.6 is 0 Å². The highest BCUT2D eigenvalue weighted by Gasteiger charge is 2.23. The van der Waals surface area contributed by atoms with E-state index in [0.717, 1.165) is 37.5 Å². The zero-order chi connectivity index (χ0) is 16.2. The lowest BCUT2D eigenvalue weighted by Gasteiger charge is -2.18. The molecular weight excluding hydrogens is 292 g/mol. The summed E-state index contributed by atoms with van der Waals surface area (Å²) in [5, 5.41) is 8.14. The van der Waals surface area contributed by atoms with Crippen molar-refractivity contribution in [2.24, 2.45) is 5.92 Å². The highest BCUT2D eigenvalue weighted by atomic mass is 16.2. The molecule has 0 unspecified atom stereocenters. The molecule has 1 aliphatic heterocycles. The van der Waals surface area contributed by atoms with E-state index in [0.29, 0.717) is 6.04 Å². The van der Waals surface area contributed by atoms with Gasteiger partial charge in [0.2, 0.25) is 5.91 Å². The Kier molecular flexibility index (Phi) is 4.69. The lowest BCUT2D eigenvalue weighted by atomic mass is 10.2. The number of amides is 3. The number of carbonyl (C=O) groups excluding carboxylic acids is 2. The lowest BCUT2D eigenvalue weighted by Crippen LogP contribution is -2.39. The van der Waals surface area contributed by atoms with E-state index in [-0.39, 0.29) is 18.5 Å². The molecule has 1 aromatic carbocycles. The number of anilines is 2. The molecule has 3 amide bonds. The number of hydrogen-bond acceptors (Lipinski definition) is 3. The van der Waals surface area contributed by atoms with E-state index in [1.54, 1.807) is 0 Å². The van der Waals surface area contributed by atoms with Crippen LogP contribution in [0.15, 0.2) is 24.3 Å². The minimum Gasteiger partial charge on any atom is -0.371 e. The topological polar surface area (TPSA) is 73.5 Å². The second kappa shape index (κ2) is 6.89. The van der Waals surface area contributed by atoms with Crippen molar-refractivity contribution in [3.05, 3.63) is 24.3 Å². The van der Waals surface area contributed by atoms with Crippen LogP contribution in [-0.2, 0) is 4.79 Å². The number of urea groups is 1. The van der Waals surface area contributed by atoms with Crippen LogP contribution in [0.1, 0.15) is 26.2 Å². The highest BCUT2D eigenvalue weighted by molar-refractivity contribution is 5.92. The molecule has 1 saturated carbocycles. The molecule has 23 heavy (non-hydrogen) atoms. The quantitative estimate of drug-likeness (QED) is 0.777. The van der Waals surface area contributed by atoms with Gasteiger partial charge in [0.25, 0.3) is 0 Å². The fraction of sp³-hybridized carbons (Fsp3) is 0.529. The average Bonchev–Trinajstić information content (AvgIpc) is 3.24. The minimum absolute atomic E-state index is 0.00603. The summed E-state index contributed by atoms with van der Waals surface area (Å²) in [6.07, 6.45) is 3.31. The van der Waals surface area contributed by atoms with E-state index in [9.17, 15) is 9.59 Å². The minimum atomic E-state index is -0.363. The average molecular weight is 316 g/mol. The summed E-state index contributed by atoms with van der Waals surface area (Å²) in [5.41, 5.74) is 1.91. The molecule has 2 aliphatic rings. The molecule has 3 rings (SSSR count). The van der Waals surface area contributed by atoms with Gasteiger partial charge in [-0.15, -0.1) is 0 Å². The first kappa shape index (κ1) is 15.6. The maximum absolute atomic E-state index is 11.8. The SMILES string of the molecule is C[C@H]1CCN(c2ccc(NC(=O)NCC(=O)NC3CC3)cc2)C1. The van der Waals surface area contributed by atoms with Crippen molar-refractivity contribution < 1.29 is 9.59 Å². The summed E-state index contributed by atoms with van der Waals surface area (Å²) in [7, 11) is 0. The van der Waals surface area contributed by atoms with E-state index in [1.165, 1.54) is 12.1 Å². The summed E-state index contributed by atoms with van der Waals surface area (Å²) >= 11 is 0. The Hall–Kier alpha value is -2.24. The maximum Gasteiger partial charge on any atom is 0.319 e. The number of nitrogens with zero attached hydrogens (tertiary/aromatic N) is 1. The van der Waals surface area contributed by atoms with Crippen LogP contribution in [0.4, 0.5) is 16.2 Å². The van der Waals surface area contributed by atoms with Crippen LogP contribution in [0, 0.1) is 5.92 Å². The zero-order valence-corrected chi connectivity index (χ0v) is 13.5. The molecule has 1 aromatic rings. The number of nitrogens with one attached hydrogen (secondary N) is 3. The van der Waals surface area contributed by atoms with Crippen LogP contribution < -0.4 is 20.9 Å². The van der Waals surface area contributed by atoms with Crippen molar-refractivity contribution in [3.63, 3.8) is 0 Å². The Morgan fingerprint density at radius 2 is 1.91 bits per heavy atom. The number of carbonyl (C=O) groups is 2. The standard InChI is InChI=1S/C17H24N4O2/c1-12-8-9-21(11-12)15-6-4-14(5-7-15)20-17(23)18-10-16(22)19-13-2-3-13/h4-7,12-13H,2-3,8-11H2,1H3,(H,19,22)(H2,18,20,23)/t12-/m0/s1. The number of rotatable bonds is 5. The Labute approximate surface area is 136 Å².